The monoisotopic (exact) mass is 293 g/mol. The van der Waals surface area contributed by atoms with Crippen LogP contribution in [-0.2, 0) is 6.42 Å². The molecule has 0 saturated heterocycles. The Morgan fingerprint density at radius 2 is 1.65 bits per heavy atom. The van der Waals surface area contributed by atoms with Crippen LogP contribution in [0.25, 0.3) is 0 Å². The zero-order chi connectivity index (χ0) is 14.5. The Hall–Kier alpha value is -1.39. The fourth-order valence-corrected chi connectivity index (χ4v) is 2.88. The molecule has 0 bridgehead atoms. The molecular formula is C16H17F2NS. The first-order chi connectivity index (χ1) is 9.61. The van der Waals surface area contributed by atoms with Gasteiger partial charge in [-0.2, -0.15) is 0 Å². The van der Waals surface area contributed by atoms with Crippen molar-refractivity contribution < 1.29 is 8.78 Å². The average Bonchev–Trinajstić information content (AvgIpc) is 2.44. The first-order valence-electron chi connectivity index (χ1n) is 6.57. The molecule has 0 aliphatic heterocycles. The molecular weight excluding hydrogens is 276 g/mol. The maximum atomic E-state index is 14.0. The van der Waals surface area contributed by atoms with Gasteiger partial charge in [0.1, 0.15) is 11.6 Å². The largest absolute Gasteiger partial charge is 0.327 e. The molecule has 20 heavy (non-hydrogen) atoms. The molecule has 0 spiro atoms. The van der Waals surface area contributed by atoms with Gasteiger partial charge in [-0.3, -0.25) is 0 Å². The van der Waals surface area contributed by atoms with Gasteiger partial charge >= 0.3 is 0 Å². The van der Waals surface area contributed by atoms with Gasteiger partial charge in [0.2, 0.25) is 0 Å². The molecule has 106 valence electrons. The van der Waals surface area contributed by atoms with Gasteiger partial charge in [-0.25, -0.2) is 8.78 Å². The maximum absolute atomic E-state index is 14.0. The number of rotatable bonds is 5. The number of hydrogen-bond acceptors (Lipinski definition) is 2. The second-order valence-electron chi connectivity index (χ2n) is 4.62. The van der Waals surface area contributed by atoms with Crippen LogP contribution in [-0.4, -0.2) is 6.04 Å². The van der Waals surface area contributed by atoms with Crippen LogP contribution in [0, 0.1) is 11.6 Å². The zero-order valence-corrected chi connectivity index (χ0v) is 12.1. The van der Waals surface area contributed by atoms with E-state index in [1.807, 2.05) is 6.92 Å². The van der Waals surface area contributed by atoms with Crippen molar-refractivity contribution in [3.8, 4) is 0 Å². The molecule has 1 nitrogen and oxygen atoms in total. The molecule has 0 heterocycles. The molecule has 0 amide bonds. The van der Waals surface area contributed by atoms with E-state index in [1.165, 1.54) is 23.9 Å². The number of benzene rings is 2. The fraction of sp³-hybridized carbons (Fsp3) is 0.250. The highest BCUT2D eigenvalue weighted by Gasteiger charge is 2.14. The highest BCUT2D eigenvalue weighted by Crippen LogP contribution is 2.33. The van der Waals surface area contributed by atoms with E-state index >= 15 is 0 Å². The van der Waals surface area contributed by atoms with Crippen LogP contribution in [0.3, 0.4) is 0 Å². The Morgan fingerprint density at radius 3 is 2.35 bits per heavy atom. The molecule has 2 N–H and O–H groups in total. The topological polar surface area (TPSA) is 26.0 Å². The molecule has 0 saturated carbocycles. The predicted molar refractivity (Wildman–Crippen MR) is 78.9 cm³/mol. The molecule has 1 unspecified atom stereocenters. The zero-order valence-electron chi connectivity index (χ0n) is 11.3. The molecule has 2 aromatic rings. The second kappa shape index (κ2) is 6.86. The van der Waals surface area contributed by atoms with E-state index < -0.39 is 0 Å². The minimum absolute atomic E-state index is 0.0909. The quantitative estimate of drug-likeness (QED) is 0.884. The van der Waals surface area contributed by atoms with Gasteiger partial charge in [0.15, 0.2) is 0 Å². The Labute approximate surface area is 122 Å². The minimum Gasteiger partial charge on any atom is -0.327 e. The van der Waals surface area contributed by atoms with E-state index in [0.717, 1.165) is 11.3 Å². The molecule has 0 aliphatic carbocycles. The summed E-state index contributed by atoms with van der Waals surface area (Å²) in [7, 11) is 0. The van der Waals surface area contributed by atoms with Crippen molar-refractivity contribution in [2.45, 2.75) is 35.6 Å². The van der Waals surface area contributed by atoms with Crippen molar-refractivity contribution in [1.82, 2.24) is 0 Å². The van der Waals surface area contributed by atoms with Crippen molar-refractivity contribution in [3.63, 3.8) is 0 Å². The lowest BCUT2D eigenvalue weighted by atomic mass is 10.0. The minimum atomic E-state index is -0.299. The summed E-state index contributed by atoms with van der Waals surface area (Å²) in [6.07, 6.45) is 1.23. The van der Waals surface area contributed by atoms with E-state index in [2.05, 4.69) is 0 Å². The first-order valence-corrected chi connectivity index (χ1v) is 7.38. The fourth-order valence-electron chi connectivity index (χ4n) is 1.89. The van der Waals surface area contributed by atoms with Crippen LogP contribution in [0.1, 0.15) is 18.9 Å². The van der Waals surface area contributed by atoms with Gasteiger partial charge in [0.25, 0.3) is 0 Å². The summed E-state index contributed by atoms with van der Waals surface area (Å²) in [4.78, 5) is 1.21. The summed E-state index contributed by atoms with van der Waals surface area (Å²) in [5.41, 5.74) is 6.48. The van der Waals surface area contributed by atoms with Crippen LogP contribution >= 0.6 is 11.8 Å². The predicted octanol–water partition coefficient (Wildman–Crippen LogP) is 4.40. The van der Waals surface area contributed by atoms with Crippen LogP contribution in [0.2, 0.25) is 0 Å². The third-order valence-electron chi connectivity index (χ3n) is 3.12. The van der Waals surface area contributed by atoms with Crippen molar-refractivity contribution in [2.24, 2.45) is 5.73 Å². The highest BCUT2D eigenvalue weighted by atomic mass is 32.2. The van der Waals surface area contributed by atoms with E-state index in [0.29, 0.717) is 16.9 Å². The van der Waals surface area contributed by atoms with Crippen molar-refractivity contribution >= 4 is 11.8 Å². The molecule has 4 heteroatoms. The lowest BCUT2D eigenvalue weighted by molar-refractivity contribution is 0.571. The Balaban J connectivity index is 2.32. The van der Waals surface area contributed by atoms with Gasteiger partial charge in [-0.1, -0.05) is 36.9 Å². The normalized spacial score (nSPS) is 12.4. The molecule has 0 fully saturated rings. The van der Waals surface area contributed by atoms with Crippen LogP contribution in [0.15, 0.2) is 52.3 Å². The Morgan fingerprint density at radius 1 is 1.00 bits per heavy atom. The molecule has 2 rings (SSSR count). The molecule has 2 aromatic carbocycles. The van der Waals surface area contributed by atoms with Gasteiger partial charge in [0, 0.05) is 21.4 Å². The van der Waals surface area contributed by atoms with Crippen LogP contribution in [0.5, 0.6) is 0 Å². The number of nitrogens with two attached hydrogens (primary N) is 1. The summed E-state index contributed by atoms with van der Waals surface area (Å²) in [5, 5.41) is 0. The number of halogens is 2. The van der Waals surface area contributed by atoms with Gasteiger partial charge < -0.3 is 5.73 Å². The summed E-state index contributed by atoms with van der Waals surface area (Å²) in [6, 6.07) is 11.3. The highest BCUT2D eigenvalue weighted by molar-refractivity contribution is 7.99. The lowest BCUT2D eigenvalue weighted by Crippen LogP contribution is -2.22. The Kier molecular flexibility index (Phi) is 5.15. The molecule has 1 atom stereocenters. The van der Waals surface area contributed by atoms with Crippen molar-refractivity contribution in [1.29, 1.82) is 0 Å². The van der Waals surface area contributed by atoms with Crippen LogP contribution in [0.4, 0.5) is 8.78 Å². The summed E-state index contributed by atoms with van der Waals surface area (Å²) < 4.78 is 27.7. The van der Waals surface area contributed by atoms with Gasteiger partial charge in [-0.15, -0.1) is 0 Å². The first kappa shape index (κ1) is 15.0. The third kappa shape index (κ3) is 3.58. The summed E-state index contributed by atoms with van der Waals surface area (Å²) >= 11 is 1.24. The van der Waals surface area contributed by atoms with E-state index in [4.69, 9.17) is 5.73 Å². The summed E-state index contributed by atoms with van der Waals surface area (Å²) in [5.74, 6) is -0.581. The summed E-state index contributed by atoms with van der Waals surface area (Å²) in [6.45, 7) is 1.97. The third-order valence-corrected chi connectivity index (χ3v) is 4.28. The maximum Gasteiger partial charge on any atom is 0.137 e. The van der Waals surface area contributed by atoms with Crippen molar-refractivity contribution in [3.05, 3.63) is 59.7 Å². The van der Waals surface area contributed by atoms with E-state index in [1.54, 1.807) is 30.3 Å². The van der Waals surface area contributed by atoms with Gasteiger partial charge in [0.05, 0.1) is 0 Å². The lowest BCUT2D eigenvalue weighted by Gasteiger charge is -2.14. The molecule has 0 aliphatic rings. The van der Waals surface area contributed by atoms with Gasteiger partial charge in [-0.05, 0) is 37.1 Å². The van der Waals surface area contributed by atoms with E-state index in [-0.39, 0.29) is 17.7 Å². The smallest absolute Gasteiger partial charge is 0.137 e. The average molecular weight is 293 g/mol. The van der Waals surface area contributed by atoms with E-state index in [9.17, 15) is 8.78 Å². The number of hydrogen-bond donors (Lipinski definition) is 1. The SMILES string of the molecule is CCC(N)Cc1c(F)cccc1Sc1ccccc1F. The standard InChI is InChI=1S/C16H17F2NS/c1-2-11(19)10-12-13(17)7-5-9-15(12)20-16-8-4-3-6-14(16)18/h3-9,11H,2,10,19H2,1H3. The second-order valence-corrected chi connectivity index (χ2v) is 5.71. The van der Waals surface area contributed by atoms with Crippen LogP contribution < -0.4 is 5.73 Å². The van der Waals surface area contributed by atoms with Crippen molar-refractivity contribution in [2.75, 3.05) is 0 Å². The Bertz CT molecular complexity index is 586. The molecule has 0 aromatic heterocycles. The molecule has 0 radical (unpaired) electrons.